The first kappa shape index (κ1) is 12.1. The molecule has 1 fully saturated rings. The molecule has 1 amide bonds. The Morgan fingerprint density at radius 1 is 1.53 bits per heavy atom. The highest BCUT2D eigenvalue weighted by Gasteiger charge is 2.24. The summed E-state index contributed by atoms with van der Waals surface area (Å²) in [6.07, 6.45) is 2.81. The van der Waals surface area contributed by atoms with Crippen LogP contribution in [0.5, 0.6) is 0 Å². The van der Waals surface area contributed by atoms with Gasteiger partial charge in [0, 0.05) is 12.7 Å². The summed E-state index contributed by atoms with van der Waals surface area (Å²) in [5.41, 5.74) is 0.793. The Bertz CT molecular complexity index is 587. The van der Waals surface area contributed by atoms with Crippen molar-refractivity contribution in [1.29, 1.82) is 0 Å². The van der Waals surface area contributed by atoms with Crippen LogP contribution >= 0.6 is 0 Å². The molecule has 3 heterocycles. The second-order valence-corrected chi connectivity index (χ2v) is 4.91. The summed E-state index contributed by atoms with van der Waals surface area (Å²) in [4.78, 5) is 12.1. The van der Waals surface area contributed by atoms with E-state index in [0.717, 1.165) is 31.0 Å². The van der Waals surface area contributed by atoms with Gasteiger partial charge >= 0.3 is 0 Å². The van der Waals surface area contributed by atoms with Crippen LogP contribution in [0.15, 0.2) is 24.4 Å². The largest absolute Gasteiger partial charge is 0.346 e. The summed E-state index contributed by atoms with van der Waals surface area (Å²) < 4.78 is 1.90. The summed E-state index contributed by atoms with van der Waals surface area (Å²) in [6, 6.07) is 5.59. The van der Waals surface area contributed by atoms with Gasteiger partial charge in [-0.1, -0.05) is 6.07 Å². The maximum atomic E-state index is 12.1. The predicted molar refractivity (Wildman–Crippen MR) is 70.5 cm³/mol. The first-order chi connectivity index (χ1) is 9.25. The molecule has 1 aliphatic heterocycles. The van der Waals surface area contributed by atoms with E-state index in [4.69, 9.17) is 0 Å². The Balaban J connectivity index is 1.76. The minimum absolute atomic E-state index is 0.0710. The van der Waals surface area contributed by atoms with Gasteiger partial charge in [-0.2, -0.15) is 0 Å². The predicted octanol–water partition coefficient (Wildman–Crippen LogP) is 0.516. The van der Waals surface area contributed by atoms with Crippen molar-refractivity contribution in [2.75, 3.05) is 13.1 Å². The van der Waals surface area contributed by atoms with E-state index in [9.17, 15) is 4.79 Å². The molecule has 2 aromatic heterocycles. The minimum Gasteiger partial charge on any atom is -0.346 e. The van der Waals surface area contributed by atoms with Crippen molar-refractivity contribution in [3.63, 3.8) is 0 Å². The van der Waals surface area contributed by atoms with Crippen molar-refractivity contribution in [2.45, 2.75) is 19.4 Å². The molecule has 19 heavy (non-hydrogen) atoms. The zero-order valence-corrected chi connectivity index (χ0v) is 10.8. The molecule has 2 aromatic rings. The van der Waals surface area contributed by atoms with E-state index in [1.54, 1.807) is 0 Å². The van der Waals surface area contributed by atoms with Crippen LogP contribution in [-0.4, -0.2) is 33.6 Å². The molecule has 2 atom stereocenters. The van der Waals surface area contributed by atoms with Gasteiger partial charge in [0.15, 0.2) is 11.5 Å². The van der Waals surface area contributed by atoms with Crippen LogP contribution in [0.1, 0.15) is 25.2 Å². The quantitative estimate of drug-likeness (QED) is 0.843. The van der Waals surface area contributed by atoms with Gasteiger partial charge in [-0.25, -0.2) is 0 Å². The molecule has 0 aliphatic carbocycles. The summed E-state index contributed by atoms with van der Waals surface area (Å²) in [6.45, 7) is 3.61. The number of rotatable bonds is 3. The zero-order valence-electron chi connectivity index (χ0n) is 10.8. The van der Waals surface area contributed by atoms with E-state index in [1.807, 2.05) is 35.7 Å². The monoisotopic (exact) mass is 259 g/mol. The molecule has 2 N–H and O–H groups in total. The van der Waals surface area contributed by atoms with Crippen molar-refractivity contribution in [1.82, 2.24) is 25.2 Å². The summed E-state index contributed by atoms with van der Waals surface area (Å²) >= 11 is 0. The number of carbonyl (C=O) groups excluding carboxylic acids is 1. The molecule has 2 unspecified atom stereocenters. The molecule has 1 aliphatic rings. The van der Waals surface area contributed by atoms with Crippen LogP contribution in [0.3, 0.4) is 0 Å². The van der Waals surface area contributed by atoms with Crippen LogP contribution in [0, 0.1) is 5.92 Å². The van der Waals surface area contributed by atoms with Gasteiger partial charge in [0.1, 0.15) is 0 Å². The lowest BCUT2D eigenvalue weighted by Gasteiger charge is -2.15. The number of nitrogens with one attached hydrogen (secondary N) is 2. The van der Waals surface area contributed by atoms with Crippen molar-refractivity contribution >= 4 is 11.6 Å². The number of nitrogens with zero attached hydrogens (tertiary/aromatic N) is 3. The maximum absolute atomic E-state index is 12.1. The molecular formula is C13H17N5O. The molecular weight excluding hydrogens is 242 g/mol. The van der Waals surface area contributed by atoms with Gasteiger partial charge < -0.3 is 10.6 Å². The molecule has 3 rings (SSSR count). The van der Waals surface area contributed by atoms with Crippen LogP contribution in [-0.2, 0) is 4.79 Å². The Labute approximate surface area is 111 Å². The molecule has 0 bridgehead atoms. The summed E-state index contributed by atoms with van der Waals surface area (Å²) in [5.74, 6) is 0.918. The normalized spacial score (nSPS) is 20.6. The highest BCUT2D eigenvalue weighted by Crippen LogP contribution is 2.14. The number of aromatic nitrogens is 3. The van der Waals surface area contributed by atoms with E-state index in [2.05, 4.69) is 20.8 Å². The standard InChI is InChI=1S/C13H17N5O/c1-9(15-13(19)10-5-6-14-8-10)12-17-16-11-4-2-3-7-18(11)12/h2-4,7,9-10,14H,5-6,8H2,1H3,(H,15,19). The van der Waals surface area contributed by atoms with Crippen LogP contribution in [0.4, 0.5) is 0 Å². The fourth-order valence-corrected chi connectivity index (χ4v) is 2.43. The number of hydrogen-bond acceptors (Lipinski definition) is 4. The van der Waals surface area contributed by atoms with E-state index in [1.165, 1.54) is 0 Å². The topological polar surface area (TPSA) is 71.3 Å². The molecule has 0 aromatic carbocycles. The highest BCUT2D eigenvalue weighted by molar-refractivity contribution is 5.79. The van der Waals surface area contributed by atoms with E-state index in [0.29, 0.717) is 0 Å². The van der Waals surface area contributed by atoms with Gasteiger partial charge in [0.05, 0.1) is 12.0 Å². The van der Waals surface area contributed by atoms with Crippen molar-refractivity contribution in [3.05, 3.63) is 30.2 Å². The molecule has 6 nitrogen and oxygen atoms in total. The van der Waals surface area contributed by atoms with Crippen LogP contribution in [0.2, 0.25) is 0 Å². The number of pyridine rings is 1. The first-order valence-electron chi connectivity index (χ1n) is 6.56. The third-order valence-corrected chi connectivity index (χ3v) is 3.52. The smallest absolute Gasteiger partial charge is 0.225 e. The Morgan fingerprint density at radius 2 is 2.42 bits per heavy atom. The minimum atomic E-state index is -0.148. The van der Waals surface area contributed by atoms with Gasteiger partial charge in [-0.3, -0.25) is 9.20 Å². The van der Waals surface area contributed by atoms with Crippen molar-refractivity contribution in [3.8, 4) is 0 Å². The fraction of sp³-hybridized carbons (Fsp3) is 0.462. The molecule has 6 heteroatoms. The zero-order chi connectivity index (χ0) is 13.2. The SMILES string of the molecule is CC(NC(=O)C1CCNC1)c1nnc2ccccn12. The van der Waals surface area contributed by atoms with Gasteiger partial charge in [0.25, 0.3) is 0 Å². The number of amides is 1. The van der Waals surface area contributed by atoms with Gasteiger partial charge in [0.2, 0.25) is 5.91 Å². The van der Waals surface area contributed by atoms with E-state index >= 15 is 0 Å². The number of carbonyl (C=O) groups is 1. The lowest BCUT2D eigenvalue weighted by molar-refractivity contribution is -0.125. The Kier molecular flexibility index (Phi) is 3.16. The lowest BCUT2D eigenvalue weighted by Crippen LogP contribution is -2.34. The average molecular weight is 259 g/mol. The fourth-order valence-electron chi connectivity index (χ4n) is 2.43. The number of hydrogen-bond donors (Lipinski definition) is 2. The van der Waals surface area contributed by atoms with Crippen molar-refractivity contribution < 1.29 is 4.79 Å². The molecule has 0 spiro atoms. The van der Waals surface area contributed by atoms with E-state index < -0.39 is 0 Å². The maximum Gasteiger partial charge on any atom is 0.225 e. The highest BCUT2D eigenvalue weighted by atomic mass is 16.2. The third kappa shape index (κ3) is 2.31. The van der Waals surface area contributed by atoms with E-state index in [-0.39, 0.29) is 17.9 Å². The van der Waals surface area contributed by atoms with Crippen LogP contribution in [0.25, 0.3) is 5.65 Å². The second-order valence-electron chi connectivity index (χ2n) is 4.91. The Hall–Kier alpha value is -1.95. The second kappa shape index (κ2) is 4.97. The average Bonchev–Trinajstić information content (AvgIpc) is 3.08. The lowest BCUT2D eigenvalue weighted by atomic mass is 10.1. The van der Waals surface area contributed by atoms with Gasteiger partial charge in [-0.05, 0) is 32.0 Å². The van der Waals surface area contributed by atoms with Crippen LogP contribution < -0.4 is 10.6 Å². The third-order valence-electron chi connectivity index (χ3n) is 3.52. The molecule has 100 valence electrons. The Morgan fingerprint density at radius 3 is 3.21 bits per heavy atom. The molecule has 0 radical (unpaired) electrons. The summed E-state index contributed by atoms with van der Waals surface area (Å²) in [7, 11) is 0. The molecule has 1 saturated heterocycles. The summed E-state index contributed by atoms with van der Waals surface area (Å²) in [5, 5.41) is 14.5. The molecule has 0 saturated carbocycles. The van der Waals surface area contributed by atoms with Crippen molar-refractivity contribution in [2.24, 2.45) is 5.92 Å². The first-order valence-corrected chi connectivity index (χ1v) is 6.56. The van der Waals surface area contributed by atoms with Gasteiger partial charge in [-0.15, -0.1) is 10.2 Å². The number of fused-ring (bicyclic) bond motifs is 1.